The van der Waals surface area contributed by atoms with Crippen molar-refractivity contribution in [2.75, 3.05) is 13.7 Å². The topological polar surface area (TPSA) is 103 Å². The van der Waals surface area contributed by atoms with E-state index in [4.69, 9.17) is 13.7 Å². The second kappa shape index (κ2) is 11.3. The third-order valence-corrected chi connectivity index (χ3v) is 6.60. The lowest BCUT2D eigenvalue weighted by atomic mass is 10.2. The summed E-state index contributed by atoms with van der Waals surface area (Å²) in [5.41, 5.74) is 4.40. The monoisotopic (exact) mass is 594 g/mol. The van der Waals surface area contributed by atoms with Gasteiger partial charge in [0.1, 0.15) is 10.6 Å². The highest BCUT2D eigenvalue weighted by atomic mass is 127. The second-order valence-electron chi connectivity index (χ2n) is 7.04. The number of nitrogens with one attached hydrogen (secondary N) is 1. The number of benzene rings is 3. The van der Waals surface area contributed by atoms with Gasteiger partial charge >= 0.3 is 10.1 Å². The number of ether oxygens (including phenoxy) is 2. The average Bonchev–Trinajstić information content (AvgIpc) is 2.81. The average molecular weight is 594 g/mol. The first-order chi connectivity index (χ1) is 16.2. The Morgan fingerprint density at radius 3 is 2.38 bits per heavy atom. The molecule has 0 aliphatic rings. The Balaban J connectivity index is 1.79. The molecular weight excluding hydrogens is 571 g/mol. The van der Waals surface area contributed by atoms with Crippen LogP contribution in [-0.4, -0.2) is 34.3 Å². The maximum absolute atomic E-state index is 12.8. The summed E-state index contributed by atoms with van der Waals surface area (Å²) in [6.45, 7) is 3.94. The Morgan fingerprint density at radius 2 is 1.76 bits per heavy atom. The van der Waals surface area contributed by atoms with E-state index in [0.29, 0.717) is 27.1 Å². The molecule has 0 heterocycles. The molecule has 0 saturated heterocycles. The van der Waals surface area contributed by atoms with Gasteiger partial charge in [0.2, 0.25) is 0 Å². The van der Waals surface area contributed by atoms with Gasteiger partial charge in [0.15, 0.2) is 11.5 Å². The van der Waals surface area contributed by atoms with Crippen LogP contribution in [0.15, 0.2) is 70.7 Å². The van der Waals surface area contributed by atoms with Crippen molar-refractivity contribution in [3.05, 3.63) is 80.9 Å². The smallest absolute Gasteiger partial charge is 0.339 e. The van der Waals surface area contributed by atoms with Gasteiger partial charge in [0.25, 0.3) is 5.91 Å². The van der Waals surface area contributed by atoms with Crippen LogP contribution in [0, 0.1) is 10.5 Å². The Bertz CT molecular complexity index is 1290. The van der Waals surface area contributed by atoms with Crippen LogP contribution in [0.5, 0.6) is 17.2 Å². The van der Waals surface area contributed by atoms with Gasteiger partial charge in [0, 0.05) is 5.56 Å². The molecule has 1 amide bonds. The van der Waals surface area contributed by atoms with Crippen molar-refractivity contribution in [2.24, 2.45) is 5.10 Å². The van der Waals surface area contributed by atoms with Crippen molar-refractivity contribution in [1.82, 2.24) is 5.43 Å². The zero-order chi connectivity index (χ0) is 24.7. The molecule has 3 aromatic carbocycles. The van der Waals surface area contributed by atoms with E-state index in [-0.39, 0.29) is 22.3 Å². The summed E-state index contributed by atoms with van der Waals surface area (Å²) in [6.07, 6.45) is 1.43. The summed E-state index contributed by atoms with van der Waals surface area (Å²) in [4.78, 5) is 12.3. The first kappa shape index (κ1) is 25.5. The number of rotatable bonds is 9. The van der Waals surface area contributed by atoms with E-state index in [0.717, 1.165) is 5.56 Å². The molecule has 3 aromatic rings. The van der Waals surface area contributed by atoms with Crippen molar-refractivity contribution in [1.29, 1.82) is 0 Å². The second-order valence-corrected chi connectivity index (χ2v) is 9.75. The molecule has 0 atom stereocenters. The number of hydrogen-bond donors (Lipinski definition) is 1. The normalized spacial score (nSPS) is 11.3. The molecule has 178 valence electrons. The van der Waals surface area contributed by atoms with Crippen molar-refractivity contribution >= 4 is 44.8 Å². The Morgan fingerprint density at radius 1 is 1.09 bits per heavy atom. The number of hydrogen-bond acceptors (Lipinski definition) is 7. The molecular formula is C24H23IN2O6S. The standard InChI is InChI=1S/C24H23IN2O6S/c1-4-32-22-14-17(15-26-27-24(28)18-7-9-19(31-3)10-8-18)13-21(25)23(22)33-34(29,30)20-11-5-16(2)6-12-20/h5-15H,4H2,1-3H3,(H,27,28)/b26-15-. The van der Waals surface area contributed by atoms with Crippen LogP contribution in [0.25, 0.3) is 0 Å². The number of methoxy groups -OCH3 is 1. The van der Waals surface area contributed by atoms with Gasteiger partial charge in [-0.15, -0.1) is 0 Å². The quantitative estimate of drug-likeness (QED) is 0.169. The molecule has 10 heteroatoms. The molecule has 0 radical (unpaired) electrons. The summed E-state index contributed by atoms with van der Waals surface area (Å²) in [5.74, 6) is 0.586. The van der Waals surface area contributed by atoms with E-state index in [1.165, 1.54) is 18.3 Å². The minimum Gasteiger partial charge on any atom is -0.497 e. The number of carbonyl (C=O) groups excluding carboxylic acids is 1. The van der Waals surface area contributed by atoms with Gasteiger partial charge in [-0.2, -0.15) is 13.5 Å². The van der Waals surface area contributed by atoms with Crippen molar-refractivity contribution in [3.8, 4) is 17.2 Å². The Hall–Kier alpha value is -3.12. The number of hydrazone groups is 1. The first-order valence-electron chi connectivity index (χ1n) is 10.2. The van der Waals surface area contributed by atoms with Crippen LogP contribution in [-0.2, 0) is 10.1 Å². The van der Waals surface area contributed by atoms with Crippen LogP contribution in [0.1, 0.15) is 28.4 Å². The maximum Gasteiger partial charge on any atom is 0.339 e. The van der Waals surface area contributed by atoms with Gasteiger partial charge in [-0.05, 0) is 90.5 Å². The molecule has 3 rings (SSSR count). The maximum atomic E-state index is 12.8. The van der Waals surface area contributed by atoms with E-state index in [1.54, 1.807) is 62.6 Å². The number of carbonyl (C=O) groups is 1. The molecule has 1 N–H and O–H groups in total. The van der Waals surface area contributed by atoms with E-state index >= 15 is 0 Å². The molecule has 0 aliphatic heterocycles. The fourth-order valence-corrected chi connectivity index (χ4v) is 4.68. The van der Waals surface area contributed by atoms with E-state index in [9.17, 15) is 13.2 Å². The number of aryl methyl sites for hydroxylation is 1. The summed E-state index contributed by atoms with van der Waals surface area (Å²) < 4.78 is 42.2. The van der Waals surface area contributed by atoms with Crippen LogP contribution >= 0.6 is 22.6 Å². The fraction of sp³-hybridized carbons (Fsp3) is 0.167. The van der Waals surface area contributed by atoms with Crippen molar-refractivity contribution < 1.29 is 26.9 Å². The van der Waals surface area contributed by atoms with Gasteiger partial charge in [-0.3, -0.25) is 4.79 Å². The van der Waals surface area contributed by atoms with Gasteiger partial charge in [-0.1, -0.05) is 17.7 Å². The Kier molecular flexibility index (Phi) is 8.51. The summed E-state index contributed by atoms with van der Waals surface area (Å²) >= 11 is 1.97. The van der Waals surface area contributed by atoms with Crippen LogP contribution < -0.4 is 19.1 Å². The Labute approximate surface area is 212 Å². The molecule has 0 aromatic heterocycles. The van der Waals surface area contributed by atoms with E-state index < -0.39 is 10.1 Å². The zero-order valence-electron chi connectivity index (χ0n) is 18.7. The van der Waals surface area contributed by atoms with Crippen LogP contribution in [0.4, 0.5) is 0 Å². The largest absolute Gasteiger partial charge is 0.497 e. The molecule has 34 heavy (non-hydrogen) atoms. The highest BCUT2D eigenvalue weighted by Crippen LogP contribution is 2.36. The van der Waals surface area contributed by atoms with Gasteiger partial charge < -0.3 is 13.7 Å². The molecule has 8 nitrogen and oxygen atoms in total. The lowest BCUT2D eigenvalue weighted by Gasteiger charge is -2.14. The van der Waals surface area contributed by atoms with E-state index in [2.05, 4.69) is 10.5 Å². The summed E-state index contributed by atoms with van der Waals surface area (Å²) in [5, 5.41) is 3.99. The summed E-state index contributed by atoms with van der Waals surface area (Å²) in [6, 6.07) is 16.3. The first-order valence-corrected chi connectivity index (χ1v) is 12.7. The van der Waals surface area contributed by atoms with Crippen LogP contribution in [0.2, 0.25) is 0 Å². The molecule has 0 spiro atoms. The van der Waals surface area contributed by atoms with Gasteiger partial charge in [-0.25, -0.2) is 5.43 Å². The predicted octanol–water partition coefficient (Wildman–Crippen LogP) is 4.54. The van der Waals surface area contributed by atoms with Crippen molar-refractivity contribution in [3.63, 3.8) is 0 Å². The van der Waals surface area contributed by atoms with Gasteiger partial charge in [0.05, 0.1) is 23.5 Å². The predicted molar refractivity (Wildman–Crippen MR) is 137 cm³/mol. The highest BCUT2D eigenvalue weighted by Gasteiger charge is 2.22. The third-order valence-electron chi connectivity index (χ3n) is 4.57. The number of halogens is 1. The highest BCUT2D eigenvalue weighted by molar-refractivity contribution is 14.1. The lowest BCUT2D eigenvalue weighted by Crippen LogP contribution is -2.17. The SMILES string of the molecule is CCOc1cc(/C=N\NC(=O)c2ccc(OC)cc2)cc(I)c1OS(=O)(=O)c1ccc(C)cc1. The minimum absolute atomic E-state index is 0.0447. The fourth-order valence-electron chi connectivity index (χ4n) is 2.84. The minimum atomic E-state index is -4.05. The molecule has 0 unspecified atom stereocenters. The molecule has 0 fully saturated rings. The molecule has 0 saturated carbocycles. The zero-order valence-corrected chi connectivity index (χ0v) is 21.7. The number of nitrogens with zero attached hydrogens (tertiary/aromatic N) is 1. The summed E-state index contributed by atoms with van der Waals surface area (Å²) in [7, 11) is -2.51. The molecule has 0 aliphatic carbocycles. The van der Waals surface area contributed by atoms with Crippen molar-refractivity contribution in [2.45, 2.75) is 18.7 Å². The van der Waals surface area contributed by atoms with Crippen LogP contribution in [0.3, 0.4) is 0 Å². The van der Waals surface area contributed by atoms with E-state index in [1.807, 2.05) is 29.5 Å². The third kappa shape index (κ3) is 6.48. The molecule has 0 bridgehead atoms. The lowest BCUT2D eigenvalue weighted by molar-refractivity contribution is 0.0955. The number of amides is 1.